The largest absolute Gasteiger partial charge is 0.385 e. The van der Waals surface area contributed by atoms with Crippen LogP contribution in [0.3, 0.4) is 0 Å². The van der Waals surface area contributed by atoms with Gasteiger partial charge in [-0.2, -0.15) is 0 Å². The first-order valence-electron chi connectivity index (χ1n) is 6.38. The Kier molecular flexibility index (Phi) is 6.94. The van der Waals surface area contributed by atoms with Gasteiger partial charge in [-0.1, -0.05) is 0 Å². The van der Waals surface area contributed by atoms with Gasteiger partial charge in [-0.3, -0.25) is 0 Å². The van der Waals surface area contributed by atoms with Crippen molar-refractivity contribution in [1.82, 2.24) is 4.72 Å². The lowest BCUT2D eigenvalue weighted by atomic mass is 10.3. The number of benzene rings is 1. The van der Waals surface area contributed by atoms with E-state index in [9.17, 15) is 8.42 Å². The Morgan fingerprint density at radius 3 is 2.35 bits per heavy atom. The standard InChI is InChI=1S/C13H22N2O4S/c1-4-14-11-5-7-13(8-6-11)20(16,17)15-9-12(19-3)10-18-2/h5-8,12,14-15H,4,9-10H2,1-3H3. The van der Waals surface area contributed by atoms with Crippen molar-refractivity contribution in [2.75, 3.05) is 39.2 Å². The summed E-state index contributed by atoms with van der Waals surface area (Å²) < 4.78 is 36.8. The fourth-order valence-corrected chi connectivity index (χ4v) is 2.70. The lowest BCUT2D eigenvalue weighted by molar-refractivity contribution is 0.0320. The molecule has 0 aliphatic carbocycles. The maximum absolute atomic E-state index is 12.1. The molecule has 114 valence electrons. The summed E-state index contributed by atoms with van der Waals surface area (Å²) in [5.41, 5.74) is 0.889. The van der Waals surface area contributed by atoms with Crippen LogP contribution in [0.25, 0.3) is 0 Å². The lowest BCUT2D eigenvalue weighted by Gasteiger charge is -2.15. The second-order valence-electron chi connectivity index (χ2n) is 4.22. The maximum Gasteiger partial charge on any atom is 0.240 e. The topological polar surface area (TPSA) is 76.7 Å². The van der Waals surface area contributed by atoms with Crippen LogP contribution in [0.5, 0.6) is 0 Å². The highest BCUT2D eigenvalue weighted by Gasteiger charge is 2.16. The molecule has 1 unspecified atom stereocenters. The molecule has 0 fully saturated rings. The molecule has 0 bridgehead atoms. The summed E-state index contributed by atoms with van der Waals surface area (Å²) in [4.78, 5) is 0.228. The number of hydrogen-bond acceptors (Lipinski definition) is 5. The van der Waals surface area contributed by atoms with Crippen molar-refractivity contribution in [2.24, 2.45) is 0 Å². The van der Waals surface area contributed by atoms with E-state index in [0.717, 1.165) is 12.2 Å². The summed E-state index contributed by atoms with van der Waals surface area (Å²) in [6.45, 7) is 3.27. The molecule has 6 nitrogen and oxygen atoms in total. The average molecular weight is 302 g/mol. The number of nitrogens with one attached hydrogen (secondary N) is 2. The van der Waals surface area contributed by atoms with Gasteiger partial charge in [-0.05, 0) is 31.2 Å². The third kappa shape index (κ3) is 5.09. The highest BCUT2D eigenvalue weighted by atomic mass is 32.2. The molecule has 0 aliphatic rings. The van der Waals surface area contributed by atoms with Crippen molar-refractivity contribution in [2.45, 2.75) is 17.9 Å². The third-order valence-corrected chi connectivity index (χ3v) is 4.17. The number of ether oxygens (including phenoxy) is 2. The van der Waals surface area contributed by atoms with E-state index >= 15 is 0 Å². The molecule has 0 aromatic heterocycles. The van der Waals surface area contributed by atoms with E-state index in [1.165, 1.54) is 7.11 Å². The van der Waals surface area contributed by atoms with Gasteiger partial charge in [0.1, 0.15) is 0 Å². The molecule has 7 heteroatoms. The molecule has 2 N–H and O–H groups in total. The molecular weight excluding hydrogens is 280 g/mol. The second-order valence-corrected chi connectivity index (χ2v) is 5.99. The van der Waals surface area contributed by atoms with Crippen LogP contribution < -0.4 is 10.0 Å². The Morgan fingerprint density at radius 2 is 1.85 bits per heavy atom. The van der Waals surface area contributed by atoms with Crippen LogP contribution in [0.2, 0.25) is 0 Å². The van der Waals surface area contributed by atoms with Crippen LogP contribution in [0.15, 0.2) is 29.2 Å². The van der Waals surface area contributed by atoms with Gasteiger partial charge in [0.25, 0.3) is 0 Å². The molecule has 1 aromatic carbocycles. The number of sulfonamides is 1. The van der Waals surface area contributed by atoms with E-state index in [1.54, 1.807) is 31.4 Å². The average Bonchev–Trinajstić information content (AvgIpc) is 2.44. The van der Waals surface area contributed by atoms with Crippen molar-refractivity contribution < 1.29 is 17.9 Å². The monoisotopic (exact) mass is 302 g/mol. The molecule has 0 heterocycles. The zero-order chi connectivity index (χ0) is 15.0. The van der Waals surface area contributed by atoms with Crippen molar-refractivity contribution >= 4 is 15.7 Å². The zero-order valence-electron chi connectivity index (χ0n) is 12.0. The minimum atomic E-state index is -3.53. The van der Waals surface area contributed by atoms with Gasteiger partial charge in [0.05, 0.1) is 17.6 Å². The Balaban J connectivity index is 2.68. The summed E-state index contributed by atoms with van der Waals surface area (Å²) in [7, 11) is -0.470. The van der Waals surface area contributed by atoms with Gasteiger partial charge >= 0.3 is 0 Å². The van der Waals surface area contributed by atoms with Crippen molar-refractivity contribution in [3.8, 4) is 0 Å². The molecule has 0 aliphatic heterocycles. The van der Waals surface area contributed by atoms with Crippen molar-refractivity contribution in [3.05, 3.63) is 24.3 Å². The summed E-state index contributed by atoms with van der Waals surface area (Å²) >= 11 is 0. The molecule has 0 radical (unpaired) electrons. The normalized spacial score (nSPS) is 13.2. The molecule has 0 saturated heterocycles. The first-order chi connectivity index (χ1) is 9.53. The third-order valence-electron chi connectivity index (χ3n) is 2.73. The summed E-state index contributed by atoms with van der Waals surface area (Å²) in [5.74, 6) is 0. The van der Waals surface area contributed by atoms with E-state index in [4.69, 9.17) is 9.47 Å². The Labute approximate surface area is 120 Å². The number of hydrogen-bond donors (Lipinski definition) is 2. The van der Waals surface area contributed by atoms with E-state index < -0.39 is 10.0 Å². The van der Waals surface area contributed by atoms with Gasteiger partial charge in [-0.25, -0.2) is 13.1 Å². The number of rotatable bonds is 9. The van der Waals surface area contributed by atoms with Crippen LogP contribution >= 0.6 is 0 Å². The number of methoxy groups -OCH3 is 2. The molecule has 0 amide bonds. The summed E-state index contributed by atoms with van der Waals surface area (Å²) in [6.07, 6.45) is -0.309. The highest BCUT2D eigenvalue weighted by Crippen LogP contribution is 2.13. The SMILES string of the molecule is CCNc1ccc(S(=O)(=O)NCC(COC)OC)cc1. The van der Waals surface area contributed by atoms with E-state index in [1.807, 2.05) is 6.92 Å². The molecule has 1 rings (SSSR count). The van der Waals surface area contributed by atoms with Gasteiger partial charge in [0, 0.05) is 33.0 Å². The van der Waals surface area contributed by atoms with Crippen molar-refractivity contribution in [3.63, 3.8) is 0 Å². The van der Waals surface area contributed by atoms with Crippen LogP contribution in [0.1, 0.15) is 6.92 Å². The molecular formula is C13H22N2O4S. The van der Waals surface area contributed by atoms with E-state index in [-0.39, 0.29) is 17.5 Å². The zero-order valence-corrected chi connectivity index (χ0v) is 12.9. The lowest BCUT2D eigenvalue weighted by Crippen LogP contribution is -2.35. The minimum Gasteiger partial charge on any atom is -0.385 e. The highest BCUT2D eigenvalue weighted by molar-refractivity contribution is 7.89. The van der Waals surface area contributed by atoms with Crippen LogP contribution in [-0.2, 0) is 19.5 Å². The van der Waals surface area contributed by atoms with Crippen LogP contribution in [-0.4, -0.2) is 48.4 Å². The van der Waals surface area contributed by atoms with Crippen molar-refractivity contribution in [1.29, 1.82) is 0 Å². The van der Waals surface area contributed by atoms with Gasteiger partial charge < -0.3 is 14.8 Å². The maximum atomic E-state index is 12.1. The minimum absolute atomic E-state index is 0.168. The smallest absolute Gasteiger partial charge is 0.240 e. The first-order valence-corrected chi connectivity index (χ1v) is 7.87. The fourth-order valence-electron chi connectivity index (χ4n) is 1.64. The fraction of sp³-hybridized carbons (Fsp3) is 0.538. The van der Waals surface area contributed by atoms with Gasteiger partial charge in [0.15, 0.2) is 0 Å². The molecule has 1 atom stereocenters. The predicted molar refractivity (Wildman–Crippen MR) is 78.5 cm³/mol. The van der Waals surface area contributed by atoms with Crippen LogP contribution in [0.4, 0.5) is 5.69 Å². The van der Waals surface area contributed by atoms with E-state index in [2.05, 4.69) is 10.0 Å². The Bertz CT molecular complexity index is 488. The quantitative estimate of drug-likeness (QED) is 0.713. The Morgan fingerprint density at radius 1 is 1.20 bits per heavy atom. The van der Waals surface area contributed by atoms with Gasteiger partial charge in [0.2, 0.25) is 10.0 Å². The first kappa shape index (κ1) is 16.9. The summed E-state index contributed by atoms with van der Waals surface area (Å²) in [6, 6.07) is 6.61. The second kappa shape index (κ2) is 8.21. The molecule has 20 heavy (non-hydrogen) atoms. The summed E-state index contributed by atoms with van der Waals surface area (Å²) in [5, 5.41) is 3.11. The molecule has 1 aromatic rings. The van der Waals surface area contributed by atoms with Gasteiger partial charge in [-0.15, -0.1) is 0 Å². The number of anilines is 1. The molecule has 0 saturated carbocycles. The molecule has 0 spiro atoms. The van der Waals surface area contributed by atoms with Crippen LogP contribution in [0, 0.1) is 0 Å². The Hall–Kier alpha value is -1.15. The predicted octanol–water partition coefficient (Wildman–Crippen LogP) is 1.06. The van der Waals surface area contributed by atoms with E-state index in [0.29, 0.717) is 6.61 Å².